The molecule has 1 aliphatic carbocycles. The normalized spacial score (nSPS) is 17.9. The van der Waals surface area contributed by atoms with Crippen LogP contribution >= 0.6 is 0 Å². The Hall–Kier alpha value is -0.940. The van der Waals surface area contributed by atoms with E-state index in [4.69, 9.17) is 4.74 Å². The molecule has 1 saturated carbocycles. The van der Waals surface area contributed by atoms with Gasteiger partial charge in [0.2, 0.25) is 0 Å². The van der Waals surface area contributed by atoms with Gasteiger partial charge in [-0.05, 0) is 38.4 Å². The van der Waals surface area contributed by atoms with Crippen molar-refractivity contribution in [3.05, 3.63) is 35.9 Å². The molecule has 21 heavy (non-hydrogen) atoms. The summed E-state index contributed by atoms with van der Waals surface area (Å²) in [7, 11) is 3.98. The molecule has 1 aromatic rings. The molecule has 1 aliphatic rings. The molecule has 1 unspecified atom stereocenters. The number of aliphatic hydroxyl groups is 1. The van der Waals surface area contributed by atoms with Gasteiger partial charge in [0.25, 0.3) is 0 Å². The molecule has 4 nitrogen and oxygen atoms in total. The van der Waals surface area contributed by atoms with Crippen molar-refractivity contribution in [2.24, 2.45) is 5.92 Å². The molecule has 1 aromatic carbocycles. The van der Waals surface area contributed by atoms with Crippen molar-refractivity contribution in [3.8, 4) is 0 Å². The van der Waals surface area contributed by atoms with Crippen LogP contribution < -0.4 is 5.32 Å². The molecule has 1 fully saturated rings. The van der Waals surface area contributed by atoms with E-state index in [1.807, 2.05) is 25.2 Å². The highest BCUT2D eigenvalue weighted by atomic mass is 16.5. The number of rotatable bonds is 10. The summed E-state index contributed by atoms with van der Waals surface area (Å²) in [6.07, 6.45) is 2.66. The highest BCUT2D eigenvalue weighted by Gasteiger charge is 2.31. The van der Waals surface area contributed by atoms with E-state index in [1.54, 1.807) is 0 Å². The molecular weight excluding hydrogens is 264 g/mol. The predicted molar refractivity (Wildman–Crippen MR) is 85.3 cm³/mol. The van der Waals surface area contributed by atoms with Gasteiger partial charge in [-0.15, -0.1) is 0 Å². The van der Waals surface area contributed by atoms with Gasteiger partial charge in [0.15, 0.2) is 0 Å². The third kappa shape index (κ3) is 4.78. The molecule has 0 bridgehead atoms. The van der Waals surface area contributed by atoms with Crippen LogP contribution in [0, 0.1) is 5.92 Å². The van der Waals surface area contributed by atoms with Gasteiger partial charge in [0.1, 0.15) is 0 Å². The minimum absolute atomic E-state index is 0.0702. The molecule has 2 rings (SSSR count). The number of nitrogens with zero attached hydrogens (tertiary/aromatic N) is 1. The summed E-state index contributed by atoms with van der Waals surface area (Å²) in [5, 5.41) is 13.2. The van der Waals surface area contributed by atoms with Crippen molar-refractivity contribution < 1.29 is 9.84 Å². The number of ether oxygens (including phenoxy) is 1. The van der Waals surface area contributed by atoms with Gasteiger partial charge in [0, 0.05) is 19.7 Å². The zero-order valence-corrected chi connectivity index (χ0v) is 13.2. The monoisotopic (exact) mass is 292 g/mol. The number of hydrogen-bond acceptors (Lipinski definition) is 4. The van der Waals surface area contributed by atoms with Crippen LogP contribution in [0.5, 0.6) is 0 Å². The van der Waals surface area contributed by atoms with Crippen molar-refractivity contribution in [1.82, 2.24) is 10.2 Å². The Balaban J connectivity index is 1.85. The van der Waals surface area contributed by atoms with E-state index >= 15 is 0 Å². The Morgan fingerprint density at radius 3 is 2.62 bits per heavy atom. The third-order valence-corrected chi connectivity index (χ3v) is 4.28. The topological polar surface area (TPSA) is 44.7 Å². The maximum atomic E-state index is 9.91. The fraction of sp³-hybridized carbons (Fsp3) is 0.647. The van der Waals surface area contributed by atoms with Crippen LogP contribution in [-0.4, -0.2) is 57.0 Å². The van der Waals surface area contributed by atoms with Crippen LogP contribution in [0.15, 0.2) is 30.3 Å². The first-order chi connectivity index (χ1) is 10.2. The van der Waals surface area contributed by atoms with E-state index in [-0.39, 0.29) is 6.61 Å². The molecule has 0 spiro atoms. The third-order valence-electron chi connectivity index (χ3n) is 4.28. The summed E-state index contributed by atoms with van der Waals surface area (Å²) in [6, 6.07) is 10.1. The van der Waals surface area contributed by atoms with Crippen LogP contribution in [0.2, 0.25) is 0 Å². The largest absolute Gasteiger partial charge is 0.394 e. The molecular formula is C17H28N2O2. The smallest absolute Gasteiger partial charge is 0.0795 e. The second kappa shape index (κ2) is 7.90. The van der Waals surface area contributed by atoms with Crippen LogP contribution in [-0.2, 0) is 10.3 Å². The Labute approximate surface area is 128 Å². The lowest BCUT2D eigenvalue weighted by atomic mass is 9.90. The molecule has 0 amide bonds. The molecule has 0 saturated heterocycles. The Bertz CT molecular complexity index is 403. The molecule has 1 atom stereocenters. The summed E-state index contributed by atoms with van der Waals surface area (Å²) in [5.41, 5.74) is 0.688. The lowest BCUT2D eigenvalue weighted by molar-refractivity contribution is 0.0797. The van der Waals surface area contributed by atoms with Gasteiger partial charge >= 0.3 is 0 Å². The van der Waals surface area contributed by atoms with Gasteiger partial charge in [-0.3, -0.25) is 0 Å². The van der Waals surface area contributed by atoms with Crippen molar-refractivity contribution in [2.75, 3.05) is 47.0 Å². The lowest BCUT2D eigenvalue weighted by Crippen LogP contribution is -2.52. The van der Waals surface area contributed by atoms with Crippen LogP contribution in [0.25, 0.3) is 0 Å². The molecule has 0 radical (unpaired) electrons. The van der Waals surface area contributed by atoms with Gasteiger partial charge in [0.05, 0.1) is 18.8 Å². The molecule has 4 heteroatoms. The second-order valence-electron chi connectivity index (χ2n) is 6.11. The molecule has 0 heterocycles. The number of hydrogen-bond donors (Lipinski definition) is 2. The Morgan fingerprint density at radius 2 is 2.05 bits per heavy atom. The highest BCUT2D eigenvalue weighted by Crippen LogP contribution is 2.28. The number of benzene rings is 1. The summed E-state index contributed by atoms with van der Waals surface area (Å²) in [4.78, 5) is 2.21. The molecule has 0 aliphatic heterocycles. The van der Waals surface area contributed by atoms with E-state index in [0.717, 1.165) is 37.8 Å². The van der Waals surface area contributed by atoms with E-state index < -0.39 is 5.54 Å². The highest BCUT2D eigenvalue weighted by molar-refractivity contribution is 5.25. The van der Waals surface area contributed by atoms with Crippen LogP contribution in [0.3, 0.4) is 0 Å². The van der Waals surface area contributed by atoms with Crippen molar-refractivity contribution in [2.45, 2.75) is 18.4 Å². The lowest BCUT2D eigenvalue weighted by Gasteiger charge is -2.36. The first kappa shape index (κ1) is 16.4. The molecule has 118 valence electrons. The number of nitrogens with one attached hydrogen (secondary N) is 1. The fourth-order valence-corrected chi connectivity index (χ4v) is 2.59. The van der Waals surface area contributed by atoms with Gasteiger partial charge in [-0.25, -0.2) is 0 Å². The number of likely N-dealkylation sites (N-methyl/N-ethyl adjacent to an activating group) is 2. The Morgan fingerprint density at radius 1 is 1.33 bits per heavy atom. The standard InChI is InChI=1S/C17H28N2O2/c1-18-17(14-20,16-6-4-3-5-7-16)13-19(2)10-11-21-12-15-8-9-15/h3-7,15,18,20H,8-14H2,1-2H3. The van der Waals surface area contributed by atoms with E-state index in [0.29, 0.717) is 0 Å². The van der Waals surface area contributed by atoms with Gasteiger partial charge < -0.3 is 20.1 Å². The van der Waals surface area contributed by atoms with Gasteiger partial charge in [-0.2, -0.15) is 0 Å². The number of aliphatic hydroxyl groups excluding tert-OH is 1. The minimum atomic E-state index is -0.424. The maximum absolute atomic E-state index is 9.91. The minimum Gasteiger partial charge on any atom is -0.394 e. The van der Waals surface area contributed by atoms with Crippen LogP contribution in [0.4, 0.5) is 0 Å². The molecule has 2 N–H and O–H groups in total. The zero-order valence-electron chi connectivity index (χ0n) is 13.2. The second-order valence-corrected chi connectivity index (χ2v) is 6.11. The SMILES string of the molecule is CNC(CO)(CN(C)CCOCC1CC1)c1ccccc1. The molecule has 0 aromatic heterocycles. The van der Waals surface area contributed by atoms with Crippen molar-refractivity contribution in [1.29, 1.82) is 0 Å². The predicted octanol–water partition coefficient (Wildman–Crippen LogP) is 1.45. The van der Waals surface area contributed by atoms with Crippen molar-refractivity contribution >= 4 is 0 Å². The van der Waals surface area contributed by atoms with Crippen LogP contribution in [0.1, 0.15) is 18.4 Å². The average Bonchev–Trinajstić information content (AvgIpc) is 3.34. The van der Waals surface area contributed by atoms with E-state index in [2.05, 4.69) is 29.4 Å². The zero-order chi connectivity index (χ0) is 15.1. The summed E-state index contributed by atoms with van der Waals surface area (Å²) in [6.45, 7) is 3.36. The van der Waals surface area contributed by atoms with Gasteiger partial charge in [-0.1, -0.05) is 30.3 Å². The van der Waals surface area contributed by atoms with E-state index in [1.165, 1.54) is 12.8 Å². The Kier molecular flexibility index (Phi) is 6.18. The quantitative estimate of drug-likeness (QED) is 0.641. The first-order valence-corrected chi connectivity index (χ1v) is 7.82. The maximum Gasteiger partial charge on any atom is 0.0795 e. The van der Waals surface area contributed by atoms with E-state index in [9.17, 15) is 5.11 Å². The van der Waals surface area contributed by atoms with Crippen molar-refractivity contribution in [3.63, 3.8) is 0 Å². The summed E-state index contributed by atoms with van der Waals surface area (Å²) >= 11 is 0. The first-order valence-electron chi connectivity index (χ1n) is 7.82. The summed E-state index contributed by atoms with van der Waals surface area (Å²) in [5.74, 6) is 0.813. The average molecular weight is 292 g/mol. The fourth-order valence-electron chi connectivity index (χ4n) is 2.59. The summed E-state index contributed by atoms with van der Waals surface area (Å²) < 4.78 is 5.69.